The lowest BCUT2D eigenvalue weighted by atomic mass is 9.97. The molecule has 0 amide bonds. The van der Waals surface area contributed by atoms with Crippen LogP contribution < -0.4 is 0 Å². The van der Waals surface area contributed by atoms with Gasteiger partial charge in [0.15, 0.2) is 11.6 Å². The summed E-state index contributed by atoms with van der Waals surface area (Å²) in [4.78, 5) is 21.2. The molecule has 0 saturated carbocycles. The van der Waals surface area contributed by atoms with Crippen molar-refractivity contribution in [3.8, 4) is 96.8 Å². The van der Waals surface area contributed by atoms with Crippen LogP contribution in [0, 0.1) is 22.7 Å². The van der Waals surface area contributed by atoms with Crippen molar-refractivity contribution in [3.05, 3.63) is 223 Å². The summed E-state index contributed by atoms with van der Waals surface area (Å²) in [6, 6.07) is 75.4. The van der Waals surface area contributed by atoms with Gasteiger partial charge in [0, 0.05) is 44.2 Å². The number of nitrogens with zero attached hydrogens (tertiary/aromatic N) is 7. The fourth-order valence-electron chi connectivity index (χ4n) is 8.60. The summed E-state index contributed by atoms with van der Waals surface area (Å²) < 4.78 is 2.27. The molecule has 11 rings (SSSR count). The van der Waals surface area contributed by atoms with Crippen molar-refractivity contribution in [2.45, 2.75) is 0 Å². The molecule has 0 aliphatic heterocycles. The first kappa shape index (κ1) is 38.6. The Morgan fingerprint density at radius 1 is 0.323 bits per heavy atom. The van der Waals surface area contributed by atoms with Gasteiger partial charge in [0.05, 0.1) is 62.8 Å². The van der Waals surface area contributed by atoms with Crippen molar-refractivity contribution in [1.82, 2.24) is 24.5 Å². The lowest BCUT2D eigenvalue weighted by molar-refractivity contribution is 1.13. The predicted molar refractivity (Wildman–Crippen MR) is 259 cm³/mol. The van der Waals surface area contributed by atoms with E-state index in [1.165, 1.54) is 0 Å². The molecule has 0 aliphatic rings. The second-order valence-corrected chi connectivity index (χ2v) is 15.7. The van der Waals surface area contributed by atoms with Gasteiger partial charge in [-0.2, -0.15) is 10.5 Å². The molecule has 3 heterocycles. The highest BCUT2D eigenvalue weighted by Crippen LogP contribution is 2.43. The Morgan fingerprint density at radius 2 is 0.800 bits per heavy atom. The van der Waals surface area contributed by atoms with Crippen LogP contribution in [0.2, 0.25) is 0 Å². The van der Waals surface area contributed by atoms with Crippen LogP contribution >= 0.6 is 0 Å². The zero-order valence-corrected chi connectivity index (χ0v) is 34.8. The number of hydrogen-bond donors (Lipinski definition) is 0. The average Bonchev–Trinajstić information content (AvgIpc) is 3.72. The van der Waals surface area contributed by atoms with E-state index < -0.39 is 0 Å². The number of nitriles is 2. The van der Waals surface area contributed by atoms with E-state index in [9.17, 15) is 10.5 Å². The van der Waals surface area contributed by atoms with Gasteiger partial charge in [-0.25, -0.2) is 19.9 Å². The van der Waals surface area contributed by atoms with Crippen molar-refractivity contribution in [3.63, 3.8) is 0 Å². The lowest BCUT2D eigenvalue weighted by Crippen LogP contribution is -2.06. The number of benzene rings is 8. The van der Waals surface area contributed by atoms with Crippen LogP contribution in [0.4, 0.5) is 0 Å². The monoisotopic (exact) mass is 829 g/mol. The Balaban J connectivity index is 1.30. The van der Waals surface area contributed by atoms with Gasteiger partial charge in [-0.3, -0.25) is 0 Å². The van der Waals surface area contributed by atoms with E-state index >= 15 is 0 Å². The topological polar surface area (TPSA) is 104 Å². The zero-order valence-electron chi connectivity index (χ0n) is 34.8. The minimum Gasteiger partial charge on any atom is -0.308 e. The molecule has 0 atom stereocenters. The van der Waals surface area contributed by atoms with Crippen LogP contribution in [0.5, 0.6) is 0 Å². The third-order valence-electron chi connectivity index (χ3n) is 11.7. The standard InChI is InChI=1S/C58H35N7/c59-36-38-16-15-25-44(30-38)45-28-29-47-46-26-13-14-27-54(46)65(55(47)33-45)56-48(53-35-52(42-21-9-3-10-22-42)61-57(64-53)43-23-11-4-12-24-43)31-39(37-60)32-49(56)58-62-50(40-17-5-1-6-18-40)34-51(63-58)41-19-7-2-8-20-41/h1-35H. The van der Waals surface area contributed by atoms with E-state index in [-0.39, 0.29) is 0 Å². The molecule has 0 saturated heterocycles. The number of hydrogen-bond acceptors (Lipinski definition) is 6. The molecule has 0 fully saturated rings. The molecule has 8 aromatic carbocycles. The van der Waals surface area contributed by atoms with Gasteiger partial charge in [0.2, 0.25) is 0 Å². The van der Waals surface area contributed by atoms with Crippen LogP contribution in [0.1, 0.15) is 11.1 Å². The second-order valence-electron chi connectivity index (χ2n) is 15.7. The van der Waals surface area contributed by atoms with Crippen LogP contribution in [-0.2, 0) is 0 Å². The Hall–Kier alpha value is -9.30. The number of para-hydroxylation sites is 1. The fourth-order valence-corrected chi connectivity index (χ4v) is 8.60. The third-order valence-corrected chi connectivity index (χ3v) is 11.7. The molecule has 7 nitrogen and oxygen atoms in total. The molecule has 11 aromatic rings. The highest BCUT2D eigenvalue weighted by atomic mass is 15.0. The molecule has 0 unspecified atom stereocenters. The minimum atomic E-state index is 0.421. The van der Waals surface area contributed by atoms with Crippen molar-refractivity contribution in [2.75, 3.05) is 0 Å². The lowest BCUT2D eigenvalue weighted by Gasteiger charge is -2.20. The Morgan fingerprint density at radius 3 is 1.42 bits per heavy atom. The maximum absolute atomic E-state index is 10.9. The Labute approximate surface area is 375 Å². The normalized spacial score (nSPS) is 11.0. The molecule has 0 spiro atoms. The highest BCUT2D eigenvalue weighted by Gasteiger charge is 2.25. The largest absolute Gasteiger partial charge is 0.308 e. The molecular weight excluding hydrogens is 795 g/mol. The van der Waals surface area contributed by atoms with Crippen LogP contribution in [-0.4, -0.2) is 24.5 Å². The summed E-state index contributed by atoms with van der Waals surface area (Å²) in [6.45, 7) is 0. The van der Waals surface area contributed by atoms with Gasteiger partial charge in [0.1, 0.15) is 0 Å². The Bertz CT molecular complexity index is 3400. The summed E-state index contributed by atoms with van der Waals surface area (Å²) in [5.74, 6) is 0.996. The zero-order chi connectivity index (χ0) is 43.7. The first-order chi connectivity index (χ1) is 32.1. The van der Waals surface area contributed by atoms with E-state index in [2.05, 4.69) is 53.1 Å². The van der Waals surface area contributed by atoms with Gasteiger partial charge in [-0.15, -0.1) is 0 Å². The molecule has 7 heteroatoms. The maximum atomic E-state index is 10.9. The van der Waals surface area contributed by atoms with Crippen molar-refractivity contribution in [2.24, 2.45) is 0 Å². The molecule has 0 radical (unpaired) electrons. The first-order valence-electron chi connectivity index (χ1n) is 21.2. The van der Waals surface area contributed by atoms with Crippen molar-refractivity contribution >= 4 is 21.8 Å². The predicted octanol–water partition coefficient (Wildman–Crippen LogP) is 13.8. The summed E-state index contributed by atoms with van der Waals surface area (Å²) >= 11 is 0. The number of rotatable bonds is 8. The SMILES string of the molecule is N#Cc1cccc(-c2ccc3c4ccccc4n(-c4c(-c5cc(-c6ccccc6)nc(-c6ccccc6)n5)cc(C#N)cc4-c4nc(-c5ccccc5)cc(-c5ccccc5)n4)c3c2)c1. The fraction of sp³-hybridized carbons (Fsp3) is 0. The summed E-state index contributed by atoms with van der Waals surface area (Å²) in [6.07, 6.45) is 0. The summed E-state index contributed by atoms with van der Waals surface area (Å²) in [5.41, 5.74) is 13.3. The van der Waals surface area contributed by atoms with Gasteiger partial charge < -0.3 is 4.57 Å². The quantitative estimate of drug-likeness (QED) is 0.151. The minimum absolute atomic E-state index is 0.421. The van der Waals surface area contributed by atoms with E-state index in [4.69, 9.17) is 19.9 Å². The van der Waals surface area contributed by atoms with Crippen LogP contribution in [0.3, 0.4) is 0 Å². The van der Waals surface area contributed by atoms with Gasteiger partial charge in [-0.05, 0) is 59.7 Å². The van der Waals surface area contributed by atoms with Crippen LogP contribution in [0.25, 0.3) is 106 Å². The van der Waals surface area contributed by atoms with E-state index in [0.717, 1.165) is 78.0 Å². The Kier molecular flexibility index (Phi) is 9.82. The smallest absolute Gasteiger partial charge is 0.162 e. The number of fused-ring (bicyclic) bond motifs is 3. The molecular formula is C58H35N7. The van der Waals surface area contributed by atoms with E-state index in [0.29, 0.717) is 39.6 Å². The van der Waals surface area contributed by atoms with Gasteiger partial charge in [-0.1, -0.05) is 164 Å². The molecule has 302 valence electrons. The molecule has 65 heavy (non-hydrogen) atoms. The maximum Gasteiger partial charge on any atom is 0.162 e. The summed E-state index contributed by atoms with van der Waals surface area (Å²) in [5, 5.41) is 22.9. The second kappa shape index (κ2) is 16.5. The van der Waals surface area contributed by atoms with Crippen molar-refractivity contribution < 1.29 is 0 Å². The van der Waals surface area contributed by atoms with Crippen molar-refractivity contribution in [1.29, 1.82) is 10.5 Å². The van der Waals surface area contributed by atoms with E-state index in [1.807, 2.05) is 176 Å². The number of aromatic nitrogens is 5. The molecule has 0 bridgehead atoms. The van der Waals surface area contributed by atoms with Gasteiger partial charge in [0.25, 0.3) is 0 Å². The molecule has 0 aliphatic carbocycles. The average molecular weight is 830 g/mol. The first-order valence-corrected chi connectivity index (χ1v) is 21.2. The third kappa shape index (κ3) is 7.26. The molecule has 3 aromatic heterocycles. The van der Waals surface area contributed by atoms with Gasteiger partial charge >= 0.3 is 0 Å². The van der Waals surface area contributed by atoms with Crippen LogP contribution in [0.15, 0.2) is 212 Å². The van der Waals surface area contributed by atoms with E-state index in [1.54, 1.807) is 0 Å². The summed E-state index contributed by atoms with van der Waals surface area (Å²) in [7, 11) is 0. The molecule has 0 N–H and O–H groups in total. The highest BCUT2D eigenvalue weighted by molar-refractivity contribution is 6.11.